The van der Waals surface area contributed by atoms with Gasteiger partial charge in [0.05, 0.1) is 10.6 Å². The van der Waals surface area contributed by atoms with Crippen molar-refractivity contribution in [2.75, 3.05) is 31.9 Å². The normalized spacial score (nSPS) is 19.9. The first-order valence-electron chi connectivity index (χ1n) is 7.46. The van der Waals surface area contributed by atoms with Gasteiger partial charge in [-0.15, -0.1) is 0 Å². The maximum Gasteiger partial charge on any atom is 0.179 e. The molecule has 2 rings (SSSR count). The van der Waals surface area contributed by atoms with Crippen molar-refractivity contribution < 1.29 is 8.42 Å². The van der Waals surface area contributed by atoms with Gasteiger partial charge in [-0.3, -0.25) is 4.90 Å². The summed E-state index contributed by atoms with van der Waals surface area (Å²) in [5.74, 6) is 0.180. The van der Waals surface area contributed by atoms with Crippen molar-refractivity contribution in [3.63, 3.8) is 0 Å². The summed E-state index contributed by atoms with van der Waals surface area (Å²) in [4.78, 5) is 2.69. The Morgan fingerprint density at radius 2 is 2.05 bits per heavy atom. The summed E-state index contributed by atoms with van der Waals surface area (Å²) >= 11 is 3.33. The van der Waals surface area contributed by atoms with Gasteiger partial charge in [-0.25, -0.2) is 8.42 Å². The van der Waals surface area contributed by atoms with Crippen LogP contribution in [0.4, 0.5) is 0 Å². The van der Waals surface area contributed by atoms with E-state index < -0.39 is 9.84 Å². The molecule has 1 aliphatic heterocycles. The predicted octanol–water partition coefficient (Wildman–Crippen LogP) is 2.30. The van der Waals surface area contributed by atoms with E-state index >= 15 is 0 Å². The first-order chi connectivity index (χ1) is 10.0. The summed E-state index contributed by atoms with van der Waals surface area (Å²) in [5.41, 5.74) is 0. The molecule has 1 N–H and O–H groups in total. The highest BCUT2D eigenvalue weighted by Gasteiger charge is 2.22. The second-order valence-electron chi connectivity index (χ2n) is 5.40. The topological polar surface area (TPSA) is 49.4 Å². The number of nitrogens with one attached hydrogen (secondary N) is 1. The molecule has 1 aliphatic rings. The zero-order chi connectivity index (χ0) is 15.3. The number of rotatable bonds is 6. The zero-order valence-corrected chi connectivity index (χ0v) is 14.8. The molecule has 0 radical (unpaired) electrons. The quantitative estimate of drug-likeness (QED) is 0.829. The lowest BCUT2D eigenvalue weighted by Crippen LogP contribution is -2.47. The maximum atomic E-state index is 12.4. The minimum absolute atomic E-state index is 0.180. The number of benzene rings is 1. The van der Waals surface area contributed by atoms with Gasteiger partial charge < -0.3 is 5.32 Å². The van der Waals surface area contributed by atoms with Crippen LogP contribution in [0.5, 0.6) is 0 Å². The van der Waals surface area contributed by atoms with Crippen molar-refractivity contribution in [1.82, 2.24) is 10.2 Å². The molecule has 1 heterocycles. The number of nitrogens with zero attached hydrogens (tertiary/aromatic N) is 1. The van der Waals surface area contributed by atoms with Crippen molar-refractivity contribution >= 4 is 25.8 Å². The van der Waals surface area contributed by atoms with Crippen molar-refractivity contribution in [2.24, 2.45) is 0 Å². The van der Waals surface area contributed by atoms with Crippen molar-refractivity contribution in [2.45, 2.75) is 30.7 Å². The van der Waals surface area contributed by atoms with E-state index in [0.717, 1.165) is 30.5 Å². The van der Waals surface area contributed by atoms with E-state index in [9.17, 15) is 8.42 Å². The Balaban J connectivity index is 1.97. The van der Waals surface area contributed by atoms with Crippen LogP contribution >= 0.6 is 15.9 Å². The Morgan fingerprint density at radius 1 is 1.33 bits per heavy atom. The SMILES string of the molecule is CCN(CCS(=O)(=O)c1ccc(Br)cc1)C1CCCNC1. The van der Waals surface area contributed by atoms with Crippen LogP contribution in [0.15, 0.2) is 33.6 Å². The van der Waals surface area contributed by atoms with E-state index in [4.69, 9.17) is 0 Å². The number of likely N-dealkylation sites (N-methyl/N-ethyl adjacent to an activating group) is 1. The summed E-state index contributed by atoms with van der Waals surface area (Å²) in [6.45, 7) is 5.63. The molecule has 0 saturated carbocycles. The van der Waals surface area contributed by atoms with E-state index in [1.54, 1.807) is 24.3 Å². The monoisotopic (exact) mass is 374 g/mol. The van der Waals surface area contributed by atoms with Crippen LogP contribution in [0.25, 0.3) is 0 Å². The summed E-state index contributed by atoms with van der Waals surface area (Å²) in [7, 11) is -3.20. The highest BCUT2D eigenvalue weighted by Crippen LogP contribution is 2.17. The van der Waals surface area contributed by atoms with Crippen LogP contribution in [0.1, 0.15) is 19.8 Å². The fraction of sp³-hybridized carbons (Fsp3) is 0.600. The van der Waals surface area contributed by atoms with Crippen LogP contribution in [-0.4, -0.2) is 51.3 Å². The number of halogens is 1. The molecule has 118 valence electrons. The average Bonchev–Trinajstić information content (AvgIpc) is 2.49. The maximum absolute atomic E-state index is 12.4. The molecule has 0 aromatic heterocycles. The lowest BCUT2D eigenvalue weighted by molar-refractivity contribution is 0.183. The Hall–Kier alpha value is -0.430. The number of piperidine rings is 1. The molecule has 0 bridgehead atoms. The summed E-state index contributed by atoms with van der Waals surface area (Å²) in [5, 5.41) is 3.39. The average molecular weight is 375 g/mol. The van der Waals surface area contributed by atoms with Gasteiger partial charge in [0.2, 0.25) is 0 Å². The Kier molecular flexibility index (Phi) is 6.22. The van der Waals surface area contributed by atoms with Crippen LogP contribution in [-0.2, 0) is 9.84 Å². The second kappa shape index (κ2) is 7.72. The van der Waals surface area contributed by atoms with Gasteiger partial charge in [-0.05, 0) is 50.2 Å². The molecule has 1 saturated heterocycles. The molecule has 1 aromatic rings. The van der Waals surface area contributed by atoms with Gasteiger partial charge in [0.15, 0.2) is 9.84 Å². The van der Waals surface area contributed by atoms with Crippen LogP contribution in [0.2, 0.25) is 0 Å². The molecule has 0 aliphatic carbocycles. The van der Waals surface area contributed by atoms with Gasteiger partial charge in [-0.1, -0.05) is 22.9 Å². The van der Waals surface area contributed by atoms with E-state index in [-0.39, 0.29) is 5.75 Å². The standard InChI is InChI=1S/C15H23BrN2O2S/c1-2-18(14-4-3-9-17-12-14)10-11-21(19,20)15-7-5-13(16)6-8-15/h5-8,14,17H,2-4,9-12H2,1H3. The number of hydrogen-bond acceptors (Lipinski definition) is 4. The van der Waals surface area contributed by atoms with Gasteiger partial charge in [0.1, 0.15) is 0 Å². The van der Waals surface area contributed by atoms with Crippen molar-refractivity contribution in [3.05, 3.63) is 28.7 Å². The van der Waals surface area contributed by atoms with Crippen molar-refractivity contribution in [1.29, 1.82) is 0 Å². The molecule has 0 spiro atoms. The Labute approximate surface area is 136 Å². The molecule has 4 nitrogen and oxygen atoms in total. The molecule has 6 heteroatoms. The molecule has 1 atom stereocenters. The first kappa shape index (κ1) is 16.9. The largest absolute Gasteiger partial charge is 0.315 e. The fourth-order valence-electron chi connectivity index (χ4n) is 2.74. The fourth-order valence-corrected chi connectivity index (χ4v) is 4.27. The second-order valence-corrected chi connectivity index (χ2v) is 8.43. The minimum Gasteiger partial charge on any atom is -0.315 e. The summed E-state index contributed by atoms with van der Waals surface area (Å²) in [6.07, 6.45) is 2.32. The third kappa shape index (κ3) is 4.77. The van der Waals surface area contributed by atoms with Gasteiger partial charge in [0.25, 0.3) is 0 Å². The zero-order valence-electron chi connectivity index (χ0n) is 12.4. The van der Waals surface area contributed by atoms with Gasteiger partial charge in [-0.2, -0.15) is 0 Å². The molecule has 1 aromatic carbocycles. The molecule has 1 fully saturated rings. The van der Waals surface area contributed by atoms with E-state index in [1.807, 2.05) is 0 Å². The predicted molar refractivity (Wildman–Crippen MR) is 89.3 cm³/mol. The molecule has 1 unspecified atom stereocenters. The molecule has 0 amide bonds. The molecular formula is C15H23BrN2O2S. The lowest BCUT2D eigenvalue weighted by atomic mass is 10.1. The molecular weight excluding hydrogens is 352 g/mol. The Bertz CT molecular complexity index is 539. The van der Waals surface area contributed by atoms with Gasteiger partial charge >= 0.3 is 0 Å². The smallest absolute Gasteiger partial charge is 0.179 e. The van der Waals surface area contributed by atoms with E-state index in [1.165, 1.54) is 6.42 Å². The van der Waals surface area contributed by atoms with Gasteiger partial charge in [0, 0.05) is 23.6 Å². The minimum atomic E-state index is -3.20. The van der Waals surface area contributed by atoms with Crippen LogP contribution in [0.3, 0.4) is 0 Å². The van der Waals surface area contributed by atoms with Crippen LogP contribution in [0, 0.1) is 0 Å². The van der Waals surface area contributed by atoms with Crippen molar-refractivity contribution in [3.8, 4) is 0 Å². The highest BCUT2D eigenvalue weighted by molar-refractivity contribution is 9.10. The first-order valence-corrected chi connectivity index (χ1v) is 9.90. The van der Waals surface area contributed by atoms with Crippen LogP contribution < -0.4 is 5.32 Å². The van der Waals surface area contributed by atoms with E-state index in [2.05, 4.69) is 33.1 Å². The summed E-state index contributed by atoms with van der Waals surface area (Å²) in [6, 6.07) is 7.34. The summed E-state index contributed by atoms with van der Waals surface area (Å²) < 4.78 is 25.7. The highest BCUT2D eigenvalue weighted by atomic mass is 79.9. The number of sulfone groups is 1. The Morgan fingerprint density at radius 3 is 2.62 bits per heavy atom. The third-order valence-electron chi connectivity index (χ3n) is 4.01. The molecule has 21 heavy (non-hydrogen) atoms. The van der Waals surface area contributed by atoms with E-state index in [0.29, 0.717) is 17.5 Å². The lowest BCUT2D eigenvalue weighted by Gasteiger charge is -2.33. The number of hydrogen-bond donors (Lipinski definition) is 1. The third-order valence-corrected chi connectivity index (χ3v) is 6.25.